The van der Waals surface area contributed by atoms with Crippen LogP contribution in [-0.2, 0) is 4.74 Å². The third-order valence-corrected chi connectivity index (χ3v) is 2.47. The van der Waals surface area contributed by atoms with E-state index in [1.165, 1.54) is 7.11 Å². The highest BCUT2D eigenvalue weighted by Crippen LogP contribution is 2.18. The fourth-order valence-corrected chi connectivity index (χ4v) is 1.64. The molecule has 86 valence electrons. The number of nitrogens with one attached hydrogen (secondary N) is 1. The molecular formula is C11H14N2O3. The Morgan fingerprint density at radius 1 is 1.62 bits per heavy atom. The number of carbonyl (C=O) groups excluding carboxylic acids is 1. The average molecular weight is 222 g/mol. The molecule has 1 N–H and O–H groups in total. The normalized spacial score (nSPS) is 19.4. The number of hydrogen-bond donors (Lipinski definition) is 1. The minimum absolute atomic E-state index is 0.0818. The number of methoxy groups -OCH3 is 1. The van der Waals surface area contributed by atoms with Crippen LogP contribution in [0.1, 0.15) is 16.8 Å². The van der Waals surface area contributed by atoms with Gasteiger partial charge in [0.2, 0.25) is 5.88 Å². The molecule has 1 unspecified atom stereocenters. The highest BCUT2D eigenvalue weighted by molar-refractivity contribution is 5.91. The van der Waals surface area contributed by atoms with Gasteiger partial charge < -0.3 is 14.8 Å². The third kappa shape index (κ3) is 2.30. The van der Waals surface area contributed by atoms with E-state index in [-0.39, 0.29) is 6.10 Å². The summed E-state index contributed by atoms with van der Waals surface area (Å²) in [7, 11) is 1.34. The predicted molar refractivity (Wildman–Crippen MR) is 57.5 cm³/mol. The van der Waals surface area contributed by atoms with Crippen molar-refractivity contribution in [3.8, 4) is 5.88 Å². The molecule has 0 radical (unpaired) electrons. The van der Waals surface area contributed by atoms with Crippen molar-refractivity contribution in [1.82, 2.24) is 10.3 Å². The Hall–Kier alpha value is -1.62. The monoisotopic (exact) mass is 222 g/mol. The first-order chi connectivity index (χ1) is 7.81. The fourth-order valence-electron chi connectivity index (χ4n) is 1.64. The second-order valence-electron chi connectivity index (χ2n) is 3.58. The molecular weight excluding hydrogens is 208 g/mol. The molecule has 2 heterocycles. The third-order valence-electron chi connectivity index (χ3n) is 2.47. The van der Waals surface area contributed by atoms with Crippen LogP contribution < -0.4 is 10.1 Å². The van der Waals surface area contributed by atoms with E-state index < -0.39 is 5.97 Å². The summed E-state index contributed by atoms with van der Waals surface area (Å²) < 4.78 is 10.3. The van der Waals surface area contributed by atoms with E-state index in [2.05, 4.69) is 15.0 Å². The number of rotatable bonds is 3. The molecule has 1 aliphatic rings. The molecule has 0 aromatic carbocycles. The van der Waals surface area contributed by atoms with Crippen LogP contribution in [0.15, 0.2) is 18.3 Å². The van der Waals surface area contributed by atoms with Crippen LogP contribution in [0, 0.1) is 0 Å². The molecule has 2 rings (SSSR count). The number of hydrogen-bond acceptors (Lipinski definition) is 5. The van der Waals surface area contributed by atoms with Crippen molar-refractivity contribution in [3.05, 3.63) is 23.9 Å². The van der Waals surface area contributed by atoms with Gasteiger partial charge in [-0.25, -0.2) is 9.78 Å². The highest BCUT2D eigenvalue weighted by atomic mass is 16.5. The molecule has 1 saturated heterocycles. The zero-order chi connectivity index (χ0) is 11.4. The topological polar surface area (TPSA) is 60.5 Å². The lowest BCUT2D eigenvalue weighted by molar-refractivity contribution is 0.0592. The fraction of sp³-hybridized carbons (Fsp3) is 0.455. The molecule has 5 nitrogen and oxygen atoms in total. The molecule has 1 aromatic rings. The molecule has 0 aliphatic carbocycles. The summed E-state index contributed by atoms with van der Waals surface area (Å²) in [5.41, 5.74) is 0.372. The van der Waals surface area contributed by atoms with Crippen molar-refractivity contribution < 1.29 is 14.3 Å². The maximum Gasteiger partial charge on any atom is 0.343 e. The summed E-state index contributed by atoms with van der Waals surface area (Å²) in [6.07, 6.45) is 2.61. The Bertz CT molecular complexity index is 375. The second-order valence-corrected chi connectivity index (χ2v) is 3.58. The van der Waals surface area contributed by atoms with Gasteiger partial charge in [-0.1, -0.05) is 0 Å². The van der Waals surface area contributed by atoms with Gasteiger partial charge >= 0.3 is 5.97 Å². The smallest absolute Gasteiger partial charge is 0.343 e. The van der Waals surface area contributed by atoms with E-state index >= 15 is 0 Å². The first kappa shape index (κ1) is 10.9. The number of ether oxygens (including phenoxy) is 2. The van der Waals surface area contributed by atoms with Gasteiger partial charge in [0, 0.05) is 12.7 Å². The quantitative estimate of drug-likeness (QED) is 0.759. The summed E-state index contributed by atoms with van der Waals surface area (Å²) in [4.78, 5) is 15.5. The van der Waals surface area contributed by atoms with Crippen LogP contribution >= 0.6 is 0 Å². The number of pyridine rings is 1. The molecule has 0 amide bonds. The molecule has 1 aliphatic heterocycles. The summed E-state index contributed by atoms with van der Waals surface area (Å²) in [6.45, 7) is 1.72. The van der Waals surface area contributed by atoms with Crippen LogP contribution in [-0.4, -0.2) is 37.3 Å². The second kappa shape index (κ2) is 4.94. The summed E-state index contributed by atoms with van der Waals surface area (Å²) in [5.74, 6) is -0.0721. The lowest BCUT2D eigenvalue weighted by Crippen LogP contribution is -2.21. The maximum absolute atomic E-state index is 11.5. The lowest BCUT2D eigenvalue weighted by Gasteiger charge is -2.13. The number of carbonyl (C=O) groups is 1. The van der Waals surface area contributed by atoms with E-state index in [0.717, 1.165) is 19.5 Å². The zero-order valence-electron chi connectivity index (χ0n) is 9.10. The van der Waals surface area contributed by atoms with Gasteiger partial charge in [-0.3, -0.25) is 0 Å². The van der Waals surface area contributed by atoms with Gasteiger partial charge in [0.05, 0.1) is 7.11 Å². The van der Waals surface area contributed by atoms with Crippen molar-refractivity contribution in [2.24, 2.45) is 0 Å². The minimum atomic E-state index is -0.422. The highest BCUT2D eigenvalue weighted by Gasteiger charge is 2.20. The molecule has 0 bridgehead atoms. The van der Waals surface area contributed by atoms with Gasteiger partial charge in [0.1, 0.15) is 11.7 Å². The van der Waals surface area contributed by atoms with Crippen LogP contribution in [0.3, 0.4) is 0 Å². The predicted octanol–water partition coefficient (Wildman–Crippen LogP) is 0.609. The Labute approximate surface area is 93.8 Å². The van der Waals surface area contributed by atoms with Crippen LogP contribution in [0.2, 0.25) is 0 Å². The molecule has 1 atom stereocenters. The van der Waals surface area contributed by atoms with Crippen molar-refractivity contribution in [1.29, 1.82) is 0 Å². The Balaban J connectivity index is 2.15. The van der Waals surface area contributed by atoms with Crippen molar-refractivity contribution in [3.63, 3.8) is 0 Å². The molecule has 16 heavy (non-hydrogen) atoms. The average Bonchev–Trinajstić information content (AvgIpc) is 2.82. The van der Waals surface area contributed by atoms with Crippen molar-refractivity contribution >= 4 is 5.97 Å². The van der Waals surface area contributed by atoms with Gasteiger partial charge in [-0.2, -0.15) is 0 Å². The molecule has 1 fully saturated rings. The van der Waals surface area contributed by atoms with Gasteiger partial charge in [0.15, 0.2) is 0 Å². The van der Waals surface area contributed by atoms with Gasteiger partial charge in [-0.15, -0.1) is 0 Å². The number of nitrogens with zero attached hydrogens (tertiary/aromatic N) is 1. The minimum Gasteiger partial charge on any atom is -0.472 e. The van der Waals surface area contributed by atoms with Gasteiger partial charge in [-0.05, 0) is 25.1 Å². The van der Waals surface area contributed by atoms with Gasteiger partial charge in [0.25, 0.3) is 0 Å². The van der Waals surface area contributed by atoms with E-state index in [1.807, 2.05) is 0 Å². The summed E-state index contributed by atoms with van der Waals surface area (Å²) in [5, 5.41) is 3.19. The van der Waals surface area contributed by atoms with Crippen LogP contribution in [0.25, 0.3) is 0 Å². The Kier molecular flexibility index (Phi) is 3.36. The van der Waals surface area contributed by atoms with E-state index in [9.17, 15) is 4.79 Å². The SMILES string of the molecule is COC(=O)c1cccnc1OC1CCNC1. The lowest BCUT2D eigenvalue weighted by atomic mass is 10.2. The van der Waals surface area contributed by atoms with E-state index in [4.69, 9.17) is 4.74 Å². The van der Waals surface area contributed by atoms with E-state index in [0.29, 0.717) is 11.4 Å². The first-order valence-electron chi connectivity index (χ1n) is 5.22. The first-order valence-corrected chi connectivity index (χ1v) is 5.22. The van der Waals surface area contributed by atoms with E-state index in [1.54, 1.807) is 18.3 Å². The zero-order valence-corrected chi connectivity index (χ0v) is 9.10. The molecule has 0 spiro atoms. The molecule has 5 heteroatoms. The molecule has 1 aromatic heterocycles. The maximum atomic E-state index is 11.5. The Morgan fingerprint density at radius 3 is 3.19 bits per heavy atom. The largest absolute Gasteiger partial charge is 0.472 e. The Morgan fingerprint density at radius 2 is 2.50 bits per heavy atom. The summed E-state index contributed by atoms with van der Waals surface area (Å²) >= 11 is 0. The van der Waals surface area contributed by atoms with Crippen molar-refractivity contribution in [2.75, 3.05) is 20.2 Å². The number of aromatic nitrogens is 1. The van der Waals surface area contributed by atoms with Crippen LogP contribution in [0.5, 0.6) is 5.88 Å². The standard InChI is InChI=1S/C11H14N2O3/c1-15-11(14)9-3-2-5-13-10(9)16-8-4-6-12-7-8/h2-3,5,8,12H,4,6-7H2,1H3. The summed E-state index contributed by atoms with van der Waals surface area (Å²) in [6, 6.07) is 3.34. The number of esters is 1. The molecule has 0 saturated carbocycles. The van der Waals surface area contributed by atoms with Crippen molar-refractivity contribution in [2.45, 2.75) is 12.5 Å². The van der Waals surface area contributed by atoms with Crippen LogP contribution in [0.4, 0.5) is 0 Å².